The Kier molecular flexibility index (Phi) is 6.02. The molecule has 6 nitrogen and oxygen atoms in total. The smallest absolute Gasteiger partial charge is 0.325 e. The molecule has 4 rings (SSSR count). The molecule has 0 unspecified atom stereocenters. The van der Waals surface area contributed by atoms with E-state index in [1.54, 1.807) is 18.3 Å². The van der Waals surface area contributed by atoms with Gasteiger partial charge in [0.05, 0.1) is 13.1 Å². The van der Waals surface area contributed by atoms with Crippen molar-refractivity contribution in [3.8, 4) is 0 Å². The summed E-state index contributed by atoms with van der Waals surface area (Å²) in [5, 5.41) is 4.83. The predicted octanol–water partition coefficient (Wildman–Crippen LogP) is 5.16. The van der Waals surface area contributed by atoms with Gasteiger partial charge in [-0.25, -0.2) is 4.79 Å². The lowest BCUT2D eigenvalue weighted by atomic mass is 9.84. The minimum absolute atomic E-state index is 0.0171. The summed E-state index contributed by atoms with van der Waals surface area (Å²) in [5.41, 5.74) is 2.96. The Balaban J connectivity index is 1.54. The van der Waals surface area contributed by atoms with E-state index in [4.69, 9.17) is 0 Å². The first-order valence-electron chi connectivity index (χ1n) is 11.4. The van der Waals surface area contributed by atoms with Crippen LogP contribution in [-0.2, 0) is 22.3 Å². The summed E-state index contributed by atoms with van der Waals surface area (Å²) < 4.78 is 2.09. The number of carbonyl (C=O) groups excluding carboxylic acids is 3. The maximum atomic E-state index is 13.3. The summed E-state index contributed by atoms with van der Waals surface area (Å²) in [6, 6.07) is 13.1. The Morgan fingerprint density at radius 2 is 1.76 bits per heavy atom. The normalized spacial score (nSPS) is 18.5. The Labute approximate surface area is 204 Å². The van der Waals surface area contributed by atoms with Crippen molar-refractivity contribution >= 4 is 29.1 Å². The molecule has 3 heterocycles. The molecule has 3 aromatic rings. The number of hydrogen-bond acceptors (Lipinski definition) is 4. The van der Waals surface area contributed by atoms with Crippen LogP contribution in [0.4, 0.5) is 4.79 Å². The van der Waals surface area contributed by atoms with Crippen LogP contribution in [0.5, 0.6) is 0 Å². The highest BCUT2D eigenvalue weighted by atomic mass is 32.1. The van der Waals surface area contributed by atoms with Crippen LogP contribution in [-0.4, -0.2) is 33.7 Å². The molecule has 1 aromatic carbocycles. The number of nitrogens with one attached hydrogen (secondary N) is 1. The topological polar surface area (TPSA) is 71.4 Å². The summed E-state index contributed by atoms with van der Waals surface area (Å²) in [7, 11) is 0. The largest absolute Gasteiger partial charge is 0.343 e. The van der Waals surface area contributed by atoms with Crippen LogP contribution < -0.4 is 5.32 Å². The highest BCUT2D eigenvalue weighted by Crippen LogP contribution is 2.31. The van der Waals surface area contributed by atoms with E-state index < -0.39 is 17.5 Å². The third-order valence-corrected chi connectivity index (χ3v) is 7.53. The minimum Gasteiger partial charge on any atom is -0.343 e. The Bertz CT molecular complexity index is 1250. The van der Waals surface area contributed by atoms with Crippen molar-refractivity contribution in [2.24, 2.45) is 0 Å². The fourth-order valence-electron chi connectivity index (χ4n) is 4.45. The monoisotopic (exact) mass is 477 g/mol. The molecule has 7 heteroatoms. The zero-order valence-corrected chi connectivity index (χ0v) is 21.4. The van der Waals surface area contributed by atoms with Crippen molar-refractivity contribution in [2.45, 2.75) is 59.0 Å². The molecule has 0 bridgehead atoms. The highest BCUT2D eigenvalue weighted by Gasteiger charge is 2.49. The number of thiophene rings is 1. The Hall–Kier alpha value is -3.19. The summed E-state index contributed by atoms with van der Waals surface area (Å²) in [5.74, 6) is -0.664. The Morgan fingerprint density at radius 1 is 1.09 bits per heavy atom. The molecule has 34 heavy (non-hydrogen) atoms. The quantitative estimate of drug-likeness (QED) is 0.394. The fourth-order valence-corrected chi connectivity index (χ4v) is 5.15. The van der Waals surface area contributed by atoms with Gasteiger partial charge in [0.15, 0.2) is 5.78 Å². The number of imide groups is 1. The van der Waals surface area contributed by atoms with Crippen molar-refractivity contribution in [3.63, 3.8) is 0 Å². The first-order chi connectivity index (χ1) is 15.9. The van der Waals surface area contributed by atoms with Gasteiger partial charge in [0.2, 0.25) is 0 Å². The number of hydrogen-bond donors (Lipinski definition) is 1. The minimum atomic E-state index is -1.20. The molecule has 1 aliphatic heterocycles. The SMILES string of the molecule is Cc1cc(C(=O)CN2C(=O)N[C@@](C)(c3ccc(C(C)(C)C)cc3)C2=O)c(C)n1Cc1cccs1. The molecule has 1 fully saturated rings. The molecule has 3 amide bonds. The lowest BCUT2D eigenvalue weighted by molar-refractivity contribution is -0.130. The number of aryl methyl sites for hydroxylation is 1. The van der Waals surface area contributed by atoms with E-state index in [-0.39, 0.29) is 17.7 Å². The molecule has 1 atom stereocenters. The second kappa shape index (κ2) is 8.55. The molecule has 0 radical (unpaired) electrons. The number of benzene rings is 1. The standard InChI is InChI=1S/C27H31N3O3S/c1-17-14-22(18(2)29(17)15-21-8-7-13-34-21)23(31)16-30-24(32)27(6,28-25(30)33)20-11-9-19(10-12-20)26(3,4)5/h7-14H,15-16H2,1-6H3,(H,28,33)/t27-/m0/s1. The van der Waals surface area contributed by atoms with Crippen LogP contribution in [0.1, 0.15) is 65.4 Å². The maximum absolute atomic E-state index is 13.3. The number of nitrogens with zero attached hydrogens (tertiary/aromatic N) is 2. The van der Waals surface area contributed by atoms with E-state index in [0.717, 1.165) is 21.9 Å². The third-order valence-electron chi connectivity index (χ3n) is 6.67. The molecule has 0 spiro atoms. The molecular formula is C27H31N3O3S. The molecule has 0 saturated carbocycles. The van der Waals surface area contributed by atoms with E-state index in [2.05, 4.69) is 36.7 Å². The molecule has 2 aromatic heterocycles. The van der Waals surface area contributed by atoms with Crippen LogP contribution >= 0.6 is 11.3 Å². The van der Waals surface area contributed by atoms with Gasteiger partial charge in [0.1, 0.15) is 5.54 Å². The summed E-state index contributed by atoms with van der Waals surface area (Å²) in [6.45, 7) is 12.3. The number of Topliss-reactive ketones (excluding diaryl/α,β-unsaturated/α-hetero) is 1. The van der Waals surface area contributed by atoms with Crippen molar-refractivity contribution in [2.75, 3.05) is 6.54 Å². The second-order valence-corrected chi connectivity index (χ2v) is 11.2. The van der Waals surface area contributed by atoms with Gasteiger partial charge in [-0.15, -0.1) is 11.3 Å². The van der Waals surface area contributed by atoms with Gasteiger partial charge in [-0.1, -0.05) is 51.1 Å². The first-order valence-corrected chi connectivity index (χ1v) is 12.3. The number of aromatic nitrogens is 1. The van der Waals surface area contributed by atoms with Gasteiger partial charge >= 0.3 is 6.03 Å². The van der Waals surface area contributed by atoms with Gasteiger partial charge in [0, 0.05) is 21.8 Å². The van der Waals surface area contributed by atoms with Crippen LogP contribution in [0.15, 0.2) is 47.8 Å². The molecule has 1 aliphatic rings. The number of rotatable bonds is 6. The molecule has 178 valence electrons. The lowest BCUT2D eigenvalue weighted by Gasteiger charge is -2.24. The van der Waals surface area contributed by atoms with Gasteiger partial charge < -0.3 is 9.88 Å². The molecule has 1 N–H and O–H groups in total. The van der Waals surface area contributed by atoms with Crippen LogP contribution in [0.3, 0.4) is 0 Å². The molecule has 1 saturated heterocycles. The first kappa shape index (κ1) is 24.0. The summed E-state index contributed by atoms with van der Waals surface area (Å²) in [6.07, 6.45) is 0. The van der Waals surface area contributed by atoms with Crippen LogP contribution in [0.2, 0.25) is 0 Å². The van der Waals surface area contributed by atoms with E-state index in [1.165, 1.54) is 4.88 Å². The maximum Gasteiger partial charge on any atom is 0.325 e. The third kappa shape index (κ3) is 4.20. The number of ketones is 1. The van der Waals surface area contributed by atoms with Crippen LogP contribution in [0.25, 0.3) is 0 Å². The second-order valence-electron chi connectivity index (χ2n) is 10.1. The van der Waals surface area contributed by atoms with Gasteiger partial charge in [0.25, 0.3) is 5.91 Å². The average Bonchev–Trinajstić information content (AvgIpc) is 3.45. The van der Waals surface area contributed by atoms with E-state index in [1.807, 2.05) is 55.6 Å². The summed E-state index contributed by atoms with van der Waals surface area (Å²) in [4.78, 5) is 41.5. The summed E-state index contributed by atoms with van der Waals surface area (Å²) >= 11 is 1.67. The van der Waals surface area contributed by atoms with Crippen LogP contribution in [0, 0.1) is 13.8 Å². The van der Waals surface area contributed by atoms with Gasteiger partial charge in [-0.2, -0.15) is 0 Å². The van der Waals surface area contributed by atoms with E-state index in [0.29, 0.717) is 17.7 Å². The van der Waals surface area contributed by atoms with Crippen molar-refractivity contribution in [3.05, 3.63) is 80.8 Å². The molecular weight excluding hydrogens is 446 g/mol. The van der Waals surface area contributed by atoms with E-state index in [9.17, 15) is 14.4 Å². The average molecular weight is 478 g/mol. The number of amides is 3. The molecule has 0 aliphatic carbocycles. The van der Waals surface area contributed by atoms with Gasteiger partial charge in [-0.3, -0.25) is 14.5 Å². The van der Waals surface area contributed by atoms with Crippen molar-refractivity contribution in [1.82, 2.24) is 14.8 Å². The highest BCUT2D eigenvalue weighted by molar-refractivity contribution is 7.09. The predicted molar refractivity (Wildman–Crippen MR) is 134 cm³/mol. The zero-order valence-electron chi connectivity index (χ0n) is 20.6. The number of carbonyl (C=O) groups is 3. The zero-order chi connectivity index (χ0) is 24.8. The van der Waals surface area contributed by atoms with Crippen molar-refractivity contribution in [1.29, 1.82) is 0 Å². The lowest BCUT2D eigenvalue weighted by Crippen LogP contribution is -2.41. The number of urea groups is 1. The van der Waals surface area contributed by atoms with Crippen molar-refractivity contribution < 1.29 is 14.4 Å². The van der Waals surface area contributed by atoms with Gasteiger partial charge in [-0.05, 0) is 54.8 Å². The fraction of sp³-hybridized carbons (Fsp3) is 0.370. The van der Waals surface area contributed by atoms with E-state index >= 15 is 0 Å². The Morgan fingerprint density at radius 3 is 2.35 bits per heavy atom.